The van der Waals surface area contributed by atoms with Crippen LogP contribution in [0.1, 0.15) is 22.3 Å². The lowest BCUT2D eigenvalue weighted by Crippen LogP contribution is -2.53. The molecule has 2 rings (SSSR count). The average molecular weight is 549 g/mol. The summed E-state index contributed by atoms with van der Waals surface area (Å²) in [5.74, 6) is 0.784. The van der Waals surface area contributed by atoms with Crippen LogP contribution in [0.25, 0.3) is 0 Å². The minimum Gasteiger partial charge on any atom is -0.494 e. The lowest BCUT2D eigenvalue weighted by Gasteiger charge is -2.38. The van der Waals surface area contributed by atoms with E-state index in [1.54, 1.807) is 0 Å². The van der Waals surface area contributed by atoms with Crippen molar-refractivity contribution in [2.24, 2.45) is 0 Å². The second-order valence-electron chi connectivity index (χ2n) is 11.8. The van der Waals surface area contributed by atoms with Gasteiger partial charge in [0.15, 0.2) is 30.7 Å². The number of carbonyl (C=O) groups is 1. The molecule has 0 saturated carbocycles. The SMILES string of the molecule is C[Si](C)(C)O[Si](C)(C)CO[Si](C)(CCCOc1ccc(C(=O)c2ccccc2)cc1)O[Si](C)(C)C. The zero-order valence-corrected chi connectivity index (χ0v) is 27.1. The van der Waals surface area contributed by atoms with Crippen molar-refractivity contribution in [1.82, 2.24) is 0 Å². The fourth-order valence-corrected chi connectivity index (χ4v) is 20.3. The van der Waals surface area contributed by atoms with Crippen molar-refractivity contribution in [3.63, 3.8) is 0 Å². The Hall–Kier alpha value is -1.34. The first-order valence-electron chi connectivity index (χ1n) is 12.4. The van der Waals surface area contributed by atoms with Gasteiger partial charge in [0, 0.05) is 11.1 Å². The second kappa shape index (κ2) is 12.3. The van der Waals surface area contributed by atoms with E-state index >= 15 is 0 Å². The highest BCUT2D eigenvalue weighted by Crippen LogP contribution is 2.25. The lowest BCUT2D eigenvalue weighted by atomic mass is 10.0. The van der Waals surface area contributed by atoms with Gasteiger partial charge in [0.05, 0.1) is 12.8 Å². The first-order valence-corrected chi connectivity index (χ1v) is 24.9. The molecule has 194 valence electrons. The molecule has 0 spiro atoms. The van der Waals surface area contributed by atoms with Crippen molar-refractivity contribution in [3.05, 3.63) is 65.7 Å². The molecule has 2 aromatic rings. The third-order valence-corrected chi connectivity index (χ3v) is 17.0. The minimum absolute atomic E-state index is 0.0177. The molecule has 0 aliphatic heterocycles. The third kappa shape index (κ3) is 11.5. The number of ether oxygens (including phenoxy) is 1. The number of benzene rings is 2. The monoisotopic (exact) mass is 548 g/mol. The summed E-state index contributed by atoms with van der Waals surface area (Å²) >= 11 is 0. The van der Waals surface area contributed by atoms with Gasteiger partial charge in [0.1, 0.15) is 5.75 Å². The standard InChI is InChI=1S/C26H44O5Si4/c1-32(2,3)30-34(7,8)22-29-35(9,31-33(4,5)6)21-13-20-28-25-18-16-24(17-19-25)26(27)23-14-11-10-12-15-23/h10-12,14-19H,13,20-22H2,1-9H3. The summed E-state index contributed by atoms with van der Waals surface area (Å²) in [4.78, 5) is 12.6. The van der Waals surface area contributed by atoms with E-state index in [0.717, 1.165) is 18.2 Å². The maximum absolute atomic E-state index is 12.6. The Morgan fingerprint density at radius 2 is 1.26 bits per heavy atom. The summed E-state index contributed by atoms with van der Waals surface area (Å²) in [6.45, 7) is 20.6. The van der Waals surface area contributed by atoms with E-state index < -0.39 is 33.5 Å². The molecule has 35 heavy (non-hydrogen) atoms. The van der Waals surface area contributed by atoms with Crippen LogP contribution in [0.4, 0.5) is 0 Å². The fourth-order valence-electron chi connectivity index (χ4n) is 4.03. The molecule has 0 fully saturated rings. The van der Waals surface area contributed by atoms with Crippen molar-refractivity contribution < 1.29 is 22.2 Å². The molecule has 0 radical (unpaired) electrons. The molecule has 1 unspecified atom stereocenters. The van der Waals surface area contributed by atoms with E-state index in [9.17, 15) is 4.79 Å². The number of ketones is 1. The highest BCUT2D eigenvalue weighted by molar-refractivity contribution is 6.85. The quantitative estimate of drug-likeness (QED) is 0.142. The van der Waals surface area contributed by atoms with Crippen LogP contribution in [0.15, 0.2) is 54.6 Å². The maximum atomic E-state index is 12.6. The number of rotatable bonds is 14. The van der Waals surface area contributed by atoms with E-state index in [1.165, 1.54) is 0 Å². The van der Waals surface area contributed by atoms with Gasteiger partial charge in [-0.15, -0.1) is 0 Å². The predicted octanol–water partition coefficient (Wildman–Crippen LogP) is 7.22. The van der Waals surface area contributed by atoms with Crippen LogP contribution in [0.3, 0.4) is 0 Å². The third-order valence-electron chi connectivity index (χ3n) is 5.03. The molecule has 0 aliphatic carbocycles. The topological polar surface area (TPSA) is 54.0 Å². The van der Waals surface area contributed by atoms with E-state index in [-0.39, 0.29) is 5.78 Å². The van der Waals surface area contributed by atoms with Crippen molar-refractivity contribution in [2.45, 2.75) is 71.4 Å². The molecule has 2 aromatic carbocycles. The first kappa shape index (κ1) is 29.9. The summed E-state index contributed by atoms with van der Waals surface area (Å²) < 4.78 is 25.7. The van der Waals surface area contributed by atoms with Crippen molar-refractivity contribution in [3.8, 4) is 5.75 Å². The summed E-state index contributed by atoms with van der Waals surface area (Å²) in [7, 11) is -7.64. The van der Waals surface area contributed by atoms with Crippen LogP contribution in [0, 0.1) is 0 Å². The number of carbonyl (C=O) groups excluding carboxylic acids is 1. The van der Waals surface area contributed by atoms with Crippen molar-refractivity contribution >= 4 is 39.3 Å². The van der Waals surface area contributed by atoms with Gasteiger partial charge < -0.3 is 17.4 Å². The lowest BCUT2D eigenvalue weighted by molar-refractivity contribution is 0.103. The zero-order chi connectivity index (χ0) is 26.3. The van der Waals surface area contributed by atoms with Gasteiger partial charge in [0.2, 0.25) is 0 Å². The number of hydrogen-bond donors (Lipinski definition) is 0. The van der Waals surface area contributed by atoms with Gasteiger partial charge in [-0.1, -0.05) is 30.3 Å². The smallest absolute Gasteiger partial charge is 0.324 e. The van der Waals surface area contributed by atoms with Crippen LogP contribution in [0.2, 0.25) is 65.0 Å². The Labute approximate surface area is 216 Å². The Morgan fingerprint density at radius 3 is 1.80 bits per heavy atom. The molecule has 0 aliphatic rings. The van der Waals surface area contributed by atoms with Crippen LogP contribution in [-0.4, -0.2) is 52.1 Å². The maximum Gasteiger partial charge on any atom is 0.324 e. The highest BCUT2D eigenvalue weighted by atomic mass is 28.4. The van der Waals surface area contributed by atoms with Crippen LogP contribution in [0.5, 0.6) is 5.75 Å². The molecule has 0 saturated heterocycles. The summed E-state index contributed by atoms with van der Waals surface area (Å²) in [5, 5.41) is 0. The zero-order valence-electron chi connectivity index (χ0n) is 23.1. The van der Waals surface area contributed by atoms with Gasteiger partial charge in [-0.2, -0.15) is 0 Å². The molecule has 5 nitrogen and oxygen atoms in total. The van der Waals surface area contributed by atoms with Crippen LogP contribution < -0.4 is 4.74 Å². The predicted molar refractivity (Wildman–Crippen MR) is 155 cm³/mol. The van der Waals surface area contributed by atoms with Crippen LogP contribution in [-0.2, 0) is 12.7 Å². The molecule has 0 bridgehead atoms. The van der Waals surface area contributed by atoms with Gasteiger partial charge in [0.25, 0.3) is 0 Å². The van der Waals surface area contributed by atoms with Gasteiger partial charge in [-0.3, -0.25) is 4.79 Å². The summed E-state index contributed by atoms with van der Waals surface area (Å²) in [6, 6.07) is 17.6. The Bertz CT molecular complexity index is 937. The molecule has 0 aromatic heterocycles. The summed E-state index contributed by atoms with van der Waals surface area (Å²) in [6.07, 6.45) is 1.52. The van der Waals surface area contributed by atoms with Crippen molar-refractivity contribution in [1.29, 1.82) is 0 Å². The van der Waals surface area contributed by atoms with E-state index in [1.807, 2.05) is 54.6 Å². The molecule has 0 N–H and O–H groups in total. The van der Waals surface area contributed by atoms with E-state index in [0.29, 0.717) is 24.0 Å². The van der Waals surface area contributed by atoms with Gasteiger partial charge in [-0.25, -0.2) is 0 Å². The molecule has 0 heterocycles. The van der Waals surface area contributed by atoms with Gasteiger partial charge in [-0.05, 0) is 95.7 Å². The Morgan fingerprint density at radius 1 is 0.714 bits per heavy atom. The normalized spacial score (nSPS) is 14.4. The van der Waals surface area contributed by atoms with Gasteiger partial charge >= 0.3 is 8.56 Å². The average Bonchev–Trinajstić information content (AvgIpc) is 2.73. The number of hydrogen-bond acceptors (Lipinski definition) is 5. The van der Waals surface area contributed by atoms with E-state index in [4.69, 9.17) is 17.4 Å². The molecule has 9 heteroatoms. The Balaban J connectivity index is 1.91. The second-order valence-corrected chi connectivity index (χ2v) is 28.7. The van der Waals surface area contributed by atoms with E-state index in [2.05, 4.69) is 58.9 Å². The molecule has 0 amide bonds. The van der Waals surface area contributed by atoms with Crippen molar-refractivity contribution in [2.75, 3.05) is 12.8 Å². The summed E-state index contributed by atoms with van der Waals surface area (Å²) in [5.41, 5.74) is 1.35. The molecular formula is C26H44O5Si4. The minimum atomic E-state index is -2.36. The molecular weight excluding hydrogens is 505 g/mol. The first-order chi connectivity index (χ1) is 16.1. The largest absolute Gasteiger partial charge is 0.494 e. The fraction of sp³-hybridized carbons (Fsp3) is 0.500. The Kier molecular flexibility index (Phi) is 10.5. The molecule has 1 atom stereocenters. The highest BCUT2D eigenvalue weighted by Gasteiger charge is 2.39. The van der Waals surface area contributed by atoms with Crippen LogP contribution >= 0.6 is 0 Å².